The highest BCUT2D eigenvalue weighted by Gasteiger charge is 2.38. The van der Waals surface area contributed by atoms with Crippen molar-refractivity contribution < 1.29 is 23.1 Å². The van der Waals surface area contributed by atoms with Crippen molar-refractivity contribution in [1.82, 2.24) is 19.8 Å². The van der Waals surface area contributed by atoms with Crippen LogP contribution in [0.1, 0.15) is 61.5 Å². The number of pyridine rings is 2. The molecule has 1 aliphatic rings. The third-order valence-corrected chi connectivity index (χ3v) is 6.49. The summed E-state index contributed by atoms with van der Waals surface area (Å²) in [5.74, 6) is -0.941. The van der Waals surface area contributed by atoms with Crippen molar-refractivity contribution in [1.29, 1.82) is 0 Å². The summed E-state index contributed by atoms with van der Waals surface area (Å²) >= 11 is 0. The number of alkyl halides is 2. The Kier molecular flexibility index (Phi) is 7.97. The molecule has 0 spiro atoms. The van der Waals surface area contributed by atoms with E-state index in [0.717, 1.165) is 12.3 Å². The molecule has 2 aromatic heterocycles. The summed E-state index contributed by atoms with van der Waals surface area (Å²) in [4.78, 5) is 38.5. The number of aliphatic imine (C=N–C) groups is 2. The van der Waals surface area contributed by atoms with Crippen LogP contribution in [0.3, 0.4) is 0 Å². The Morgan fingerprint density at radius 2 is 1.97 bits per heavy atom. The lowest BCUT2D eigenvalue weighted by Gasteiger charge is -2.38. The molecule has 0 unspecified atom stereocenters. The van der Waals surface area contributed by atoms with Gasteiger partial charge < -0.3 is 15.3 Å². The zero-order valence-electron chi connectivity index (χ0n) is 20.6. The number of nitrogens with one attached hydrogen (secondary N) is 1. The van der Waals surface area contributed by atoms with Crippen molar-refractivity contribution in [2.75, 3.05) is 20.1 Å². The van der Waals surface area contributed by atoms with Crippen LogP contribution < -0.4 is 10.9 Å². The van der Waals surface area contributed by atoms with Crippen LogP contribution in [0.5, 0.6) is 0 Å². The third kappa shape index (κ3) is 5.03. The van der Waals surface area contributed by atoms with Crippen molar-refractivity contribution >= 4 is 24.3 Å². The Balaban J connectivity index is 2.03. The lowest BCUT2D eigenvalue weighted by Crippen LogP contribution is -2.47. The van der Waals surface area contributed by atoms with Crippen LogP contribution in [0, 0.1) is 5.82 Å². The number of rotatable bonds is 6. The first kappa shape index (κ1) is 27.1. The minimum atomic E-state index is -3.00. The van der Waals surface area contributed by atoms with Gasteiger partial charge >= 0.3 is 0 Å². The van der Waals surface area contributed by atoms with Crippen LogP contribution in [0.2, 0.25) is 0 Å². The fourth-order valence-electron chi connectivity index (χ4n) is 4.37. The van der Waals surface area contributed by atoms with E-state index in [1.165, 1.54) is 38.6 Å². The maximum absolute atomic E-state index is 14.7. The summed E-state index contributed by atoms with van der Waals surface area (Å²) < 4.78 is 42.2. The number of hydrogen-bond donors (Lipinski definition) is 2. The van der Waals surface area contributed by atoms with Gasteiger partial charge in [-0.05, 0) is 38.6 Å². The molecular formula is C24H29F3N6O3. The first-order valence-electron chi connectivity index (χ1n) is 11.3. The average Bonchev–Trinajstić information content (AvgIpc) is 2.84. The van der Waals surface area contributed by atoms with E-state index in [-0.39, 0.29) is 54.7 Å². The van der Waals surface area contributed by atoms with E-state index >= 15 is 0 Å². The highest BCUT2D eigenvalue weighted by Crippen LogP contribution is 2.33. The average molecular weight is 507 g/mol. The number of aliphatic hydroxyl groups is 1. The molecule has 194 valence electrons. The number of amides is 1. The third-order valence-electron chi connectivity index (χ3n) is 6.49. The van der Waals surface area contributed by atoms with E-state index in [1.807, 2.05) is 0 Å². The minimum absolute atomic E-state index is 0.0928. The SMILES string of the molecule is C=Nc1c(C(=NC)N[C@H](C)c2nccc(C(F)F)c2F)cc(C2(O)CCN(C(C)=O)CC2)c(=O)n1C. The summed E-state index contributed by atoms with van der Waals surface area (Å²) in [6.45, 7) is 7.06. The van der Waals surface area contributed by atoms with Gasteiger partial charge in [-0.25, -0.2) is 18.2 Å². The largest absolute Gasteiger partial charge is 0.385 e. The molecule has 0 aliphatic carbocycles. The lowest BCUT2D eigenvalue weighted by atomic mass is 9.84. The smallest absolute Gasteiger partial charge is 0.266 e. The number of amidine groups is 1. The number of carbonyl (C=O) groups is 1. The first-order valence-corrected chi connectivity index (χ1v) is 11.3. The van der Waals surface area contributed by atoms with Gasteiger partial charge in [0.05, 0.1) is 28.5 Å². The number of halogens is 3. The highest BCUT2D eigenvalue weighted by atomic mass is 19.3. The fraction of sp³-hybridized carbons (Fsp3) is 0.458. The van der Waals surface area contributed by atoms with Crippen LogP contribution >= 0.6 is 0 Å². The van der Waals surface area contributed by atoms with E-state index < -0.39 is 35.0 Å². The Bertz CT molecular complexity index is 1250. The molecule has 0 saturated carbocycles. The first-order chi connectivity index (χ1) is 16.9. The highest BCUT2D eigenvalue weighted by molar-refractivity contribution is 6.03. The summed E-state index contributed by atoms with van der Waals surface area (Å²) in [5, 5.41) is 14.3. The van der Waals surface area contributed by atoms with Crippen LogP contribution in [0.15, 0.2) is 33.1 Å². The van der Waals surface area contributed by atoms with Crippen LogP contribution in [0.25, 0.3) is 0 Å². The van der Waals surface area contributed by atoms with Gasteiger partial charge in [-0.1, -0.05) is 0 Å². The van der Waals surface area contributed by atoms with Crippen molar-refractivity contribution in [2.24, 2.45) is 17.0 Å². The number of hydrogen-bond acceptors (Lipinski definition) is 6. The summed E-state index contributed by atoms with van der Waals surface area (Å²) in [6, 6.07) is 1.49. The standard InChI is InChI=1S/C24H29F3N6O3/c1-13(19-18(25)15(20(26)27)6-9-30-19)31-21(28-3)16-12-17(23(35)32(5)22(16)29-4)24(36)7-10-33(11-8-24)14(2)34/h6,9,12-13,20,36H,4,7-8,10-11H2,1-3,5H3,(H,28,31)/t13-/m1/s1. The van der Waals surface area contributed by atoms with Gasteiger partial charge in [-0.15, -0.1) is 0 Å². The van der Waals surface area contributed by atoms with E-state index in [2.05, 4.69) is 27.0 Å². The molecule has 9 nitrogen and oxygen atoms in total. The predicted octanol–water partition coefficient (Wildman–Crippen LogP) is 2.75. The van der Waals surface area contributed by atoms with Gasteiger partial charge in [0.25, 0.3) is 12.0 Å². The van der Waals surface area contributed by atoms with E-state index in [4.69, 9.17) is 0 Å². The molecule has 3 rings (SSSR count). The van der Waals surface area contributed by atoms with Crippen molar-refractivity contribution in [2.45, 2.75) is 44.8 Å². The molecule has 12 heteroatoms. The van der Waals surface area contributed by atoms with Gasteiger partial charge in [0.1, 0.15) is 11.7 Å². The van der Waals surface area contributed by atoms with E-state index in [1.54, 1.807) is 4.90 Å². The quantitative estimate of drug-likeness (QED) is 0.462. The summed E-state index contributed by atoms with van der Waals surface area (Å²) in [6.07, 6.45) is -1.60. The molecule has 1 saturated heterocycles. The zero-order chi connectivity index (χ0) is 26.8. The summed E-state index contributed by atoms with van der Waals surface area (Å²) in [5.41, 5.74) is -2.60. The molecule has 0 aromatic carbocycles. The molecule has 3 heterocycles. The van der Waals surface area contributed by atoms with Gasteiger partial charge in [-0.3, -0.25) is 24.1 Å². The molecule has 0 bridgehead atoms. The minimum Gasteiger partial charge on any atom is -0.385 e. The zero-order valence-corrected chi connectivity index (χ0v) is 20.6. The second kappa shape index (κ2) is 10.6. The van der Waals surface area contributed by atoms with Crippen LogP contribution in [-0.2, 0) is 17.4 Å². The monoisotopic (exact) mass is 506 g/mol. The van der Waals surface area contributed by atoms with Crippen LogP contribution in [0.4, 0.5) is 19.0 Å². The molecular weight excluding hydrogens is 477 g/mol. The molecule has 2 aromatic rings. The summed E-state index contributed by atoms with van der Waals surface area (Å²) in [7, 11) is 2.92. The maximum atomic E-state index is 14.7. The van der Waals surface area contributed by atoms with Crippen molar-refractivity contribution in [3.05, 3.63) is 56.9 Å². The Morgan fingerprint density at radius 3 is 2.50 bits per heavy atom. The molecule has 1 amide bonds. The number of likely N-dealkylation sites (tertiary alicyclic amines) is 1. The second-order valence-corrected chi connectivity index (χ2v) is 8.69. The predicted molar refractivity (Wildman–Crippen MR) is 129 cm³/mol. The normalized spacial score (nSPS) is 16.7. The number of carbonyl (C=O) groups excluding carboxylic acids is 1. The molecule has 2 N–H and O–H groups in total. The maximum Gasteiger partial charge on any atom is 0.266 e. The van der Waals surface area contributed by atoms with Crippen molar-refractivity contribution in [3.8, 4) is 0 Å². The van der Waals surface area contributed by atoms with Crippen molar-refractivity contribution in [3.63, 3.8) is 0 Å². The number of aromatic nitrogens is 2. The molecule has 0 radical (unpaired) electrons. The van der Waals surface area contributed by atoms with E-state index in [9.17, 15) is 27.9 Å². The lowest BCUT2D eigenvalue weighted by molar-refractivity contribution is -0.133. The number of nitrogens with zero attached hydrogens (tertiary/aromatic N) is 5. The fourth-order valence-corrected chi connectivity index (χ4v) is 4.37. The van der Waals surface area contributed by atoms with E-state index in [0.29, 0.717) is 5.56 Å². The van der Waals surface area contributed by atoms with Gasteiger partial charge in [-0.2, -0.15) is 0 Å². The Morgan fingerprint density at radius 1 is 1.33 bits per heavy atom. The van der Waals surface area contributed by atoms with Gasteiger partial charge in [0.2, 0.25) is 5.91 Å². The molecule has 1 fully saturated rings. The number of piperidine rings is 1. The molecule has 36 heavy (non-hydrogen) atoms. The topological polar surface area (TPSA) is 112 Å². The van der Waals surface area contributed by atoms with Crippen LogP contribution in [-0.4, -0.2) is 58.2 Å². The molecule has 1 aliphatic heterocycles. The second-order valence-electron chi connectivity index (χ2n) is 8.69. The van der Waals surface area contributed by atoms with Gasteiger partial charge in [0, 0.05) is 45.9 Å². The molecule has 1 atom stereocenters. The Labute approximate surface area is 206 Å². The Hall–Kier alpha value is -3.54. The van der Waals surface area contributed by atoms with Gasteiger partial charge in [0.15, 0.2) is 5.82 Å².